The summed E-state index contributed by atoms with van der Waals surface area (Å²) in [6.07, 6.45) is -0.0644. The number of benzene rings is 1. The molecular formula is C8H9BrN2O2. The lowest BCUT2D eigenvalue weighted by Crippen LogP contribution is -2.03. The molecule has 0 heterocycles. The van der Waals surface area contributed by atoms with Crippen LogP contribution < -0.4 is 11.5 Å². The van der Waals surface area contributed by atoms with Crippen molar-refractivity contribution in [2.75, 3.05) is 11.5 Å². The maximum Gasteiger partial charge on any atom is 0.307 e. The van der Waals surface area contributed by atoms with Crippen LogP contribution in [0.4, 0.5) is 11.4 Å². The fourth-order valence-electron chi connectivity index (χ4n) is 0.951. The SMILES string of the molecule is Nc1cc(Br)c(CC(=O)O)cc1N. The van der Waals surface area contributed by atoms with Crippen molar-refractivity contribution in [3.63, 3.8) is 0 Å². The van der Waals surface area contributed by atoms with Gasteiger partial charge in [0.05, 0.1) is 17.8 Å². The zero-order valence-electron chi connectivity index (χ0n) is 6.75. The number of hydrogen-bond acceptors (Lipinski definition) is 3. The van der Waals surface area contributed by atoms with E-state index in [0.29, 0.717) is 21.4 Å². The quantitative estimate of drug-likeness (QED) is 0.684. The lowest BCUT2D eigenvalue weighted by Gasteiger charge is -2.05. The molecule has 0 unspecified atom stereocenters. The Morgan fingerprint density at radius 2 is 1.92 bits per heavy atom. The van der Waals surface area contributed by atoms with Gasteiger partial charge >= 0.3 is 5.97 Å². The molecule has 1 aromatic rings. The van der Waals surface area contributed by atoms with Crippen LogP contribution in [-0.4, -0.2) is 11.1 Å². The van der Waals surface area contributed by atoms with Gasteiger partial charge in [-0.05, 0) is 17.7 Å². The molecule has 0 atom stereocenters. The molecular weight excluding hydrogens is 236 g/mol. The number of hydrogen-bond donors (Lipinski definition) is 3. The summed E-state index contributed by atoms with van der Waals surface area (Å²) >= 11 is 3.21. The van der Waals surface area contributed by atoms with Crippen molar-refractivity contribution < 1.29 is 9.90 Å². The summed E-state index contributed by atoms with van der Waals surface area (Å²) in [4.78, 5) is 10.4. The third-order valence-corrected chi connectivity index (χ3v) is 2.33. The molecule has 0 aromatic heterocycles. The van der Waals surface area contributed by atoms with Gasteiger partial charge < -0.3 is 16.6 Å². The molecule has 0 amide bonds. The van der Waals surface area contributed by atoms with Crippen LogP contribution in [0.15, 0.2) is 16.6 Å². The Morgan fingerprint density at radius 1 is 1.38 bits per heavy atom. The molecule has 0 saturated heterocycles. The smallest absolute Gasteiger partial charge is 0.307 e. The van der Waals surface area contributed by atoms with Gasteiger partial charge in [-0.3, -0.25) is 4.79 Å². The largest absolute Gasteiger partial charge is 0.481 e. The van der Waals surface area contributed by atoms with Crippen LogP contribution >= 0.6 is 15.9 Å². The maximum atomic E-state index is 10.4. The predicted octanol–water partition coefficient (Wildman–Crippen LogP) is 1.24. The predicted molar refractivity (Wildman–Crippen MR) is 54.3 cm³/mol. The molecule has 5 heteroatoms. The van der Waals surface area contributed by atoms with Gasteiger partial charge in [0.1, 0.15) is 0 Å². The summed E-state index contributed by atoms with van der Waals surface area (Å²) in [6, 6.07) is 3.17. The third-order valence-electron chi connectivity index (χ3n) is 1.59. The summed E-state index contributed by atoms with van der Waals surface area (Å²) in [5.41, 5.74) is 12.5. The Balaban J connectivity index is 3.08. The lowest BCUT2D eigenvalue weighted by atomic mass is 10.1. The van der Waals surface area contributed by atoms with Crippen LogP contribution in [0.5, 0.6) is 0 Å². The zero-order valence-corrected chi connectivity index (χ0v) is 8.34. The minimum atomic E-state index is -0.898. The zero-order chi connectivity index (χ0) is 10.0. The highest BCUT2D eigenvalue weighted by atomic mass is 79.9. The number of anilines is 2. The highest BCUT2D eigenvalue weighted by Gasteiger charge is 2.07. The van der Waals surface area contributed by atoms with Crippen LogP contribution in [0.1, 0.15) is 5.56 Å². The van der Waals surface area contributed by atoms with Crippen molar-refractivity contribution in [3.05, 3.63) is 22.2 Å². The highest BCUT2D eigenvalue weighted by molar-refractivity contribution is 9.10. The molecule has 70 valence electrons. The van der Waals surface area contributed by atoms with Gasteiger partial charge in [0, 0.05) is 4.47 Å². The topological polar surface area (TPSA) is 89.3 Å². The van der Waals surface area contributed by atoms with Gasteiger partial charge in [-0.15, -0.1) is 0 Å². The van der Waals surface area contributed by atoms with Gasteiger partial charge in [0.15, 0.2) is 0 Å². The first-order chi connectivity index (χ1) is 6.00. The van der Waals surface area contributed by atoms with Crippen molar-refractivity contribution >= 4 is 33.3 Å². The molecule has 0 radical (unpaired) electrons. The fourth-order valence-corrected chi connectivity index (χ4v) is 1.45. The summed E-state index contributed by atoms with van der Waals surface area (Å²) in [5, 5.41) is 8.56. The number of carbonyl (C=O) groups is 1. The first-order valence-electron chi connectivity index (χ1n) is 3.56. The molecule has 0 aliphatic rings. The average molecular weight is 245 g/mol. The molecule has 1 rings (SSSR count). The van der Waals surface area contributed by atoms with Crippen LogP contribution in [0, 0.1) is 0 Å². The maximum absolute atomic E-state index is 10.4. The Hall–Kier alpha value is -1.23. The van der Waals surface area contributed by atoms with Crippen LogP contribution in [0.2, 0.25) is 0 Å². The normalized spacial score (nSPS) is 9.92. The third kappa shape index (κ3) is 2.35. The Labute approximate surface area is 83.7 Å². The van der Waals surface area contributed by atoms with Crippen LogP contribution in [0.3, 0.4) is 0 Å². The first-order valence-corrected chi connectivity index (χ1v) is 4.35. The first kappa shape index (κ1) is 9.85. The standard InChI is InChI=1S/C8H9BrN2O2/c9-5-3-7(11)6(10)1-4(5)2-8(12)13/h1,3H,2,10-11H2,(H,12,13). The molecule has 0 saturated carbocycles. The van der Waals surface area contributed by atoms with Gasteiger partial charge in [-0.1, -0.05) is 15.9 Å². The molecule has 1 aromatic carbocycles. The minimum Gasteiger partial charge on any atom is -0.481 e. The molecule has 0 aliphatic carbocycles. The minimum absolute atomic E-state index is 0.0644. The van der Waals surface area contributed by atoms with E-state index in [0.717, 1.165) is 0 Å². The van der Waals surface area contributed by atoms with Gasteiger partial charge in [0.2, 0.25) is 0 Å². The van der Waals surface area contributed by atoms with Crippen molar-refractivity contribution in [2.45, 2.75) is 6.42 Å². The summed E-state index contributed by atoms with van der Waals surface area (Å²) in [7, 11) is 0. The van der Waals surface area contributed by atoms with E-state index in [1.165, 1.54) is 0 Å². The molecule has 0 aliphatic heterocycles. The van der Waals surface area contributed by atoms with Crippen LogP contribution in [0.25, 0.3) is 0 Å². The second kappa shape index (κ2) is 3.66. The van der Waals surface area contributed by atoms with Crippen molar-refractivity contribution in [3.8, 4) is 0 Å². The number of aliphatic carboxylic acids is 1. The average Bonchev–Trinajstić information content (AvgIpc) is 1.99. The highest BCUT2D eigenvalue weighted by Crippen LogP contribution is 2.25. The van der Waals surface area contributed by atoms with E-state index in [4.69, 9.17) is 16.6 Å². The van der Waals surface area contributed by atoms with Crippen molar-refractivity contribution in [1.29, 1.82) is 0 Å². The number of carboxylic acids is 1. The summed E-state index contributed by atoms with van der Waals surface area (Å²) < 4.78 is 0.668. The van der Waals surface area contributed by atoms with Gasteiger partial charge in [-0.25, -0.2) is 0 Å². The Bertz CT molecular complexity index is 352. The van der Waals surface area contributed by atoms with E-state index >= 15 is 0 Å². The molecule has 5 N–H and O–H groups in total. The molecule has 0 bridgehead atoms. The fraction of sp³-hybridized carbons (Fsp3) is 0.125. The van der Waals surface area contributed by atoms with E-state index in [1.54, 1.807) is 12.1 Å². The summed E-state index contributed by atoms with van der Waals surface area (Å²) in [5.74, 6) is -0.898. The molecule has 0 fully saturated rings. The van der Waals surface area contributed by atoms with Gasteiger partial charge in [0.25, 0.3) is 0 Å². The second-order valence-corrected chi connectivity index (χ2v) is 3.50. The number of rotatable bonds is 2. The lowest BCUT2D eigenvalue weighted by molar-refractivity contribution is -0.136. The Kier molecular flexibility index (Phi) is 2.77. The van der Waals surface area contributed by atoms with Crippen molar-refractivity contribution in [1.82, 2.24) is 0 Å². The second-order valence-electron chi connectivity index (χ2n) is 2.64. The van der Waals surface area contributed by atoms with E-state index in [1.807, 2.05) is 0 Å². The van der Waals surface area contributed by atoms with E-state index in [2.05, 4.69) is 15.9 Å². The Morgan fingerprint density at radius 3 is 2.46 bits per heavy atom. The number of halogens is 1. The van der Waals surface area contributed by atoms with E-state index < -0.39 is 5.97 Å². The number of carboxylic acid groups (broad SMARTS) is 1. The summed E-state index contributed by atoms with van der Waals surface area (Å²) in [6.45, 7) is 0. The van der Waals surface area contributed by atoms with Crippen molar-refractivity contribution in [2.24, 2.45) is 0 Å². The molecule has 0 spiro atoms. The van der Waals surface area contributed by atoms with E-state index in [-0.39, 0.29) is 6.42 Å². The monoisotopic (exact) mass is 244 g/mol. The number of nitrogen functional groups attached to an aromatic ring is 2. The number of nitrogens with two attached hydrogens (primary N) is 2. The molecule has 4 nitrogen and oxygen atoms in total. The van der Waals surface area contributed by atoms with Gasteiger partial charge in [-0.2, -0.15) is 0 Å². The molecule has 13 heavy (non-hydrogen) atoms. The van der Waals surface area contributed by atoms with E-state index in [9.17, 15) is 4.79 Å². The van der Waals surface area contributed by atoms with Crippen LogP contribution in [-0.2, 0) is 11.2 Å².